The molecule has 4 nitrogen and oxygen atoms in total. The lowest BCUT2D eigenvalue weighted by molar-refractivity contribution is 0.321. The summed E-state index contributed by atoms with van der Waals surface area (Å²) in [6.07, 6.45) is 3.00. The van der Waals surface area contributed by atoms with E-state index in [4.69, 9.17) is 14.7 Å². The fourth-order valence-electron chi connectivity index (χ4n) is 1.16. The van der Waals surface area contributed by atoms with Crippen LogP contribution in [-0.2, 0) is 0 Å². The Balaban J connectivity index is 3.11. The lowest BCUT2D eigenvalue weighted by Crippen LogP contribution is -1.99. The molecule has 0 aromatic heterocycles. The lowest BCUT2D eigenvalue weighted by Gasteiger charge is -2.11. The van der Waals surface area contributed by atoms with Gasteiger partial charge in [0.2, 0.25) is 0 Å². The predicted octanol–water partition coefficient (Wildman–Crippen LogP) is 2.67. The molecular formula is C11H12INO3. The van der Waals surface area contributed by atoms with Crippen molar-refractivity contribution >= 4 is 28.8 Å². The second-order valence-corrected chi connectivity index (χ2v) is 4.04. The van der Waals surface area contributed by atoms with E-state index in [-0.39, 0.29) is 0 Å². The molecule has 1 rings (SSSR count). The molecule has 0 saturated heterocycles. The Morgan fingerprint density at radius 1 is 1.56 bits per heavy atom. The monoisotopic (exact) mass is 333 g/mol. The van der Waals surface area contributed by atoms with Crippen molar-refractivity contribution in [2.24, 2.45) is 5.16 Å². The standard InChI is InChI=1S/C11H12INO3/c1-3-4-16-11-9(12)5-8(7-13-14)6-10(11)15-2/h3,5-7,14H,1,4H2,2H3/b13-7+. The Morgan fingerprint density at radius 2 is 2.31 bits per heavy atom. The van der Waals surface area contributed by atoms with Gasteiger partial charge in [-0.25, -0.2) is 0 Å². The van der Waals surface area contributed by atoms with Gasteiger partial charge in [-0.15, -0.1) is 0 Å². The molecule has 86 valence electrons. The van der Waals surface area contributed by atoms with Crippen LogP contribution in [0.1, 0.15) is 5.56 Å². The van der Waals surface area contributed by atoms with Gasteiger partial charge in [0.15, 0.2) is 11.5 Å². The Labute approximate surface area is 108 Å². The number of nitrogens with zero attached hydrogens (tertiary/aromatic N) is 1. The van der Waals surface area contributed by atoms with Gasteiger partial charge in [-0.2, -0.15) is 0 Å². The largest absolute Gasteiger partial charge is 0.493 e. The van der Waals surface area contributed by atoms with Crippen molar-refractivity contribution in [1.82, 2.24) is 0 Å². The summed E-state index contributed by atoms with van der Waals surface area (Å²) in [6, 6.07) is 3.57. The molecule has 16 heavy (non-hydrogen) atoms. The number of rotatable bonds is 5. The molecule has 0 saturated carbocycles. The van der Waals surface area contributed by atoms with Crippen LogP contribution in [0.25, 0.3) is 0 Å². The fraction of sp³-hybridized carbons (Fsp3) is 0.182. The van der Waals surface area contributed by atoms with Gasteiger partial charge in [0.05, 0.1) is 16.9 Å². The molecule has 0 heterocycles. The van der Waals surface area contributed by atoms with Crippen molar-refractivity contribution in [2.45, 2.75) is 0 Å². The van der Waals surface area contributed by atoms with Gasteiger partial charge >= 0.3 is 0 Å². The zero-order valence-electron chi connectivity index (χ0n) is 8.81. The van der Waals surface area contributed by atoms with Crippen molar-refractivity contribution in [3.63, 3.8) is 0 Å². The molecule has 0 bridgehead atoms. The first-order chi connectivity index (χ1) is 7.72. The van der Waals surface area contributed by atoms with E-state index in [2.05, 4.69) is 34.3 Å². The number of halogens is 1. The van der Waals surface area contributed by atoms with E-state index in [1.807, 2.05) is 6.07 Å². The van der Waals surface area contributed by atoms with Crippen LogP contribution in [0.4, 0.5) is 0 Å². The second kappa shape index (κ2) is 6.37. The third kappa shape index (κ3) is 3.13. The highest BCUT2D eigenvalue weighted by atomic mass is 127. The summed E-state index contributed by atoms with van der Waals surface area (Å²) in [5.74, 6) is 1.27. The first kappa shape index (κ1) is 12.8. The van der Waals surface area contributed by atoms with Gasteiger partial charge in [0.25, 0.3) is 0 Å². The maximum absolute atomic E-state index is 8.47. The molecule has 1 N–H and O–H groups in total. The second-order valence-electron chi connectivity index (χ2n) is 2.88. The van der Waals surface area contributed by atoms with Crippen LogP contribution in [0.15, 0.2) is 29.9 Å². The van der Waals surface area contributed by atoms with Crippen LogP contribution in [0, 0.1) is 3.57 Å². The van der Waals surface area contributed by atoms with Gasteiger partial charge in [-0.3, -0.25) is 0 Å². The Morgan fingerprint density at radius 3 is 2.88 bits per heavy atom. The highest BCUT2D eigenvalue weighted by Gasteiger charge is 2.10. The van der Waals surface area contributed by atoms with E-state index in [0.717, 1.165) is 9.13 Å². The minimum atomic E-state index is 0.416. The van der Waals surface area contributed by atoms with Crippen LogP contribution in [-0.4, -0.2) is 25.1 Å². The number of oxime groups is 1. The van der Waals surface area contributed by atoms with E-state index < -0.39 is 0 Å². The Kier molecular flexibility index (Phi) is 5.10. The molecule has 1 aromatic carbocycles. The van der Waals surface area contributed by atoms with Crippen molar-refractivity contribution in [3.8, 4) is 11.5 Å². The number of hydrogen-bond acceptors (Lipinski definition) is 4. The molecule has 0 aliphatic rings. The molecule has 1 aromatic rings. The number of benzene rings is 1. The zero-order chi connectivity index (χ0) is 12.0. The summed E-state index contributed by atoms with van der Waals surface area (Å²) in [7, 11) is 1.56. The number of methoxy groups -OCH3 is 1. The van der Waals surface area contributed by atoms with Crippen molar-refractivity contribution in [2.75, 3.05) is 13.7 Å². The quantitative estimate of drug-likeness (QED) is 0.296. The summed E-state index contributed by atoms with van der Waals surface area (Å²) >= 11 is 2.13. The lowest BCUT2D eigenvalue weighted by atomic mass is 10.2. The third-order valence-electron chi connectivity index (χ3n) is 1.80. The number of ether oxygens (including phenoxy) is 2. The normalized spacial score (nSPS) is 10.4. The van der Waals surface area contributed by atoms with Gasteiger partial charge in [-0.05, 0) is 34.7 Å². The van der Waals surface area contributed by atoms with E-state index in [0.29, 0.717) is 18.1 Å². The van der Waals surface area contributed by atoms with Gasteiger partial charge in [0.1, 0.15) is 6.61 Å². The van der Waals surface area contributed by atoms with Crippen molar-refractivity contribution in [3.05, 3.63) is 33.9 Å². The average molecular weight is 333 g/mol. The Bertz CT molecular complexity index is 404. The minimum absolute atomic E-state index is 0.416. The summed E-state index contributed by atoms with van der Waals surface area (Å²) in [5.41, 5.74) is 0.745. The van der Waals surface area contributed by atoms with Gasteiger partial charge < -0.3 is 14.7 Å². The number of hydrogen-bond donors (Lipinski definition) is 1. The Hall–Kier alpha value is -1.24. The summed E-state index contributed by atoms with van der Waals surface area (Å²) < 4.78 is 11.6. The van der Waals surface area contributed by atoms with Crippen molar-refractivity contribution < 1.29 is 14.7 Å². The first-order valence-electron chi connectivity index (χ1n) is 4.51. The molecular weight excluding hydrogens is 321 g/mol. The summed E-state index contributed by atoms with van der Waals surface area (Å²) in [4.78, 5) is 0. The molecule has 0 fully saturated rings. The van der Waals surface area contributed by atoms with E-state index >= 15 is 0 Å². The van der Waals surface area contributed by atoms with E-state index in [1.165, 1.54) is 6.21 Å². The first-order valence-corrected chi connectivity index (χ1v) is 5.59. The molecule has 0 amide bonds. The smallest absolute Gasteiger partial charge is 0.174 e. The highest BCUT2D eigenvalue weighted by Crippen LogP contribution is 2.33. The summed E-state index contributed by atoms with van der Waals surface area (Å²) in [6.45, 7) is 4.00. The minimum Gasteiger partial charge on any atom is -0.493 e. The molecule has 0 aliphatic heterocycles. The molecule has 5 heteroatoms. The molecule has 0 aliphatic carbocycles. The molecule has 0 unspecified atom stereocenters. The molecule has 0 atom stereocenters. The summed E-state index contributed by atoms with van der Waals surface area (Å²) in [5, 5.41) is 11.4. The predicted molar refractivity (Wildman–Crippen MR) is 70.8 cm³/mol. The maximum Gasteiger partial charge on any atom is 0.174 e. The zero-order valence-corrected chi connectivity index (χ0v) is 11.0. The highest BCUT2D eigenvalue weighted by molar-refractivity contribution is 14.1. The maximum atomic E-state index is 8.47. The van der Waals surface area contributed by atoms with Crippen LogP contribution in [0.5, 0.6) is 11.5 Å². The van der Waals surface area contributed by atoms with E-state index in [1.54, 1.807) is 19.3 Å². The molecule has 0 radical (unpaired) electrons. The topological polar surface area (TPSA) is 51.0 Å². The van der Waals surface area contributed by atoms with Crippen LogP contribution in [0.3, 0.4) is 0 Å². The third-order valence-corrected chi connectivity index (χ3v) is 2.61. The average Bonchev–Trinajstić information content (AvgIpc) is 2.27. The van der Waals surface area contributed by atoms with Crippen LogP contribution in [0.2, 0.25) is 0 Å². The molecule has 0 spiro atoms. The van der Waals surface area contributed by atoms with Crippen molar-refractivity contribution in [1.29, 1.82) is 0 Å². The van der Waals surface area contributed by atoms with Gasteiger partial charge in [-0.1, -0.05) is 17.8 Å². The van der Waals surface area contributed by atoms with Crippen LogP contribution < -0.4 is 9.47 Å². The van der Waals surface area contributed by atoms with Crippen LogP contribution >= 0.6 is 22.6 Å². The van der Waals surface area contributed by atoms with E-state index in [9.17, 15) is 0 Å². The van der Waals surface area contributed by atoms with Gasteiger partial charge in [0, 0.05) is 5.56 Å². The fourth-order valence-corrected chi connectivity index (χ4v) is 1.94. The SMILES string of the molecule is C=CCOc1c(I)cc(/C=N/O)cc1OC.